The van der Waals surface area contributed by atoms with E-state index in [4.69, 9.17) is 10.00 Å². The Morgan fingerprint density at radius 2 is 2.15 bits per heavy atom. The van der Waals surface area contributed by atoms with E-state index < -0.39 is 0 Å². The van der Waals surface area contributed by atoms with Gasteiger partial charge in [-0.15, -0.1) is 0 Å². The zero-order valence-corrected chi connectivity index (χ0v) is 12.5. The third-order valence-corrected chi connectivity index (χ3v) is 3.59. The van der Waals surface area contributed by atoms with Crippen LogP contribution in [0.3, 0.4) is 0 Å². The first-order chi connectivity index (χ1) is 9.65. The van der Waals surface area contributed by atoms with Gasteiger partial charge in [0.15, 0.2) is 6.29 Å². The van der Waals surface area contributed by atoms with Crippen molar-refractivity contribution in [2.75, 3.05) is 0 Å². The van der Waals surface area contributed by atoms with Gasteiger partial charge < -0.3 is 4.74 Å². The van der Waals surface area contributed by atoms with Crippen molar-refractivity contribution >= 4 is 22.2 Å². The number of nitriles is 1. The van der Waals surface area contributed by atoms with Crippen molar-refractivity contribution in [3.63, 3.8) is 0 Å². The highest BCUT2D eigenvalue weighted by Gasteiger charge is 2.08. The highest BCUT2D eigenvalue weighted by Crippen LogP contribution is 2.29. The molecule has 4 heteroatoms. The third-order valence-electron chi connectivity index (χ3n) is 2.97. The molecule has 0 radical (unpaired) electrons. The van der Waals surface area contributed by atoms with E-state index in [1.165, 1.54) is 0 Å². The van der Waals surface area contributed by atoms with E-state index in [1.807, 2.05) is 25.1 Å². The molecule has 20 heavy (non-hydrogen) atoms. The van der Waals surface area contributed by atoms with Gasteiger partial charge in [-0.1, -0.05) is 12.1 Å². The van der Waals surface area contributed by atoms with Gasteiger partial charge in [-0.05, 0) is 58.2 Å². The summed E-state index contributed by atoms with van der Waals surface area (Å²) in [4.78, 5) is 11.0. The lowest BCUT2D eigenvalue weighted by atomic mass is 10.1. The maximum absolute atomic E-state index is 11.0. The average Bonchev–Trinajstić information content (AvgIpc) is 2.46. The smallest absolute Gasteiger partial charge is 0.153 e. The Labute approximate surface area is 125 Å². The molecule has 0 atom stereocenters. The maximum atomic E-state index is 11.0. The van der Waals surface area contributed by atoms with E-state index in [-0.39, 0.29) is 0 Å². The summed E-state index contributed by atoms with van der Waals surface area (Å²) in [5.41, 5.74) is 3.10. The predicted octanol–water partition coefficient (Wildman–Crippen LogP) is 4.02. The van der Waals surface area contributed by atoms with E-state index in [2.05, 4.69) is 22.0 Å². The standard InChI is InChI=1S/C16H12BrNO2/c1-11-7-12(8-18)5-6-14(11)10-20-16-13(9-19)3-2-4-15(16)17/h2-7,9H,10H2,1H3. The van der Waals surface area contributed by atoms with Crippen LogP contribution in [0.4, 0.5) is 0 Å². The van der Waals surface area contributed by atoms with Gasteiger partial charge in [-0.3, -0.25) is 4.79 Å². The highest BCUT2D eigenvalue weighted by atomic mass is 79.9. The number of carbonyl (C=O) groups excluding carboxylic acids is 1. The van der Waals surface area contributed by atoms with Gasteiger partial charge in [0.25, 0.3) is 0 Å². The molecule has 0 spiro atoms. The Balaban J connectivity index is 2.21. The normalized spacial score (nSPS) is 9.85. The number of rotatable bonds is 4. The second-order valence-electron chi connectivity index (χ2n) is 4.32. The predicted molar refractivity (Wildman–Crippen MR) is 79.8 cm³/mol. The Hall–Kier alpha value is -2.12. The summed E-state index contributed by atoms with van der Waals surface area (Å²) in [6.07, 6.45) is 0.770. The largest absolute Gasteiger partial charge is 0.487 e. The van der Waals surface area contributed by atoms with Crippen molar-refractivity contribution in [2.24, 2.45) is 0 Å². The average molecular weight is 330 g/mol. The minimum Gasteiger partial charge on any atom is -0.487 e. The van der Waals surface area contributed by atoms with Crippen LogP contribution in [0.15, 0.2) is 40.9 Å². The molecule has 0 saturated carbocycles. The Morgan fingerprint density at radius 3 is 2.80 bits per heavy atom. The molecule has 0 N–H and O–H groups in total. The fourth-order valence-corrected chi connectivity index (χ4v) is 2.34. The first kappa shape index (κ1) is 14.3. The van der Waals surface area contributed by atoms with Gasteiger partial charge in [0, 0.05) is 0 Å². The lowest BCUT2D eigenvalue weighted by Gasteiger charge is -2.12. The van der Waals surface area contributed by atoms with Crippen LogP contribution in [0.1, 0.15) is 27.0 Å². The molecular weight excluding hydrogens is 318 g/mol. The number of halogens is 1. The molecule has 0 aliphatic heterocycles. The zero-order chi connectivity index (χ0) is 14.5. The summed E-state index contributed by atoms with van der Waals surface area (Å²) in [5.74, 6) is 0.534. The topological polar surface area (TPSA) is 50.1 Å². The zero-order valence-electron chi connectivity index (χ0n) is 10.9. The SMILES string of the molecule is Cc1cc(C#N)ccc1COc1c(Br)cccc1C=O. The molecular formula is C16H12BrNO2. The molecule has 3 nitrogen and oxygen atoms in total. The first-order valence-corrected chi connectivity index (χ1v) is 6.81. The lowest BCUT2D eigenvalue weighted by molar-refractivity contribution is 0.111. The number of aldehydes is 1. The fraction of sp³-hybridized carbons (Fsp3) is 0.125. The van der Waals surface area contributed by atoms with Crippen LogP contribution in [0, 0.1) is 18.3 Å². The molecule has 0 aliphatic carbocycles. The number of nitrogens with zero attached hydrogens (tertiary/aromatic N) is 1. The highest BCUT2D eigenvalue weighted by molar-refractivity contribution is 9.10. The van der Waals surface area contributed by atoms with E-state index in [1.54, 1.807) is 18.2 Å². The lowest BCUT2D eigenvalue weighted by Crippen LogP contribution is -2.01. The number of aryl methyl sites for hydroxylation is 1. The van der Waals surface area contributed by atoms with E-state index >= 15 is 0 Å². The van der Waals surface area contributed by atoms with Crippen molar-refractivity contribution in [3.05, 3.63) is 63.1 Å². The summed E-state index contributed by atoms with van der Waals surface area (Å²) in [7, 11) is 0. The molecule has 2 aromatic carbocycles. The van der Waals surface area contributed by atoms with Crippen LogP contribution in [-0.4, -0.2) is 6.29 Å². The van der Waals surface area contributed by atoms with E-state index in [9.17, 15) is 4.79 Å². The van der Waals surface area contributed by atoms with E-state index in [0.717, 1.165) is 21.9 Å². The number of benzene rings is 2. The van der Waals surface area contributed by atoms with Crippen molar-refractivity contribution in [2.45, 2.75) is 13.5 Å². The molecule has 0 unspecified atom stereocenters. The van der Waals surface area contributed by atoms with Crippen LogP contribution in [0.2, 0.25) is 0 Å². The van der Waals surface area contributed by atoms with Gasteiger partial charge >= 0.3 is 0 Å². The number of para-hydroxylation sites is 1. The Kier molecular flexibility index (Phi) is 4.54. The van der Waals surface area contributed by atoms with Crippen molar-refractivity contribution < 1.29 is 9.53 Å². The minimum absolute atomic E-state index is 0.348. The van der Waals surface area contributed by atoms with Crippen LogP contribution in [0.5, 0.6) is 5.75 Å². The molecule has 0 fully saturated rings. The van der Waals surface area contributed by atoms with Gasteiger partial charge in [-0.2, -0.15) is 5.26 Å². The molecule has 0 bridgehead atoms. The summed E-state index contributed by atoms with van der Waals surface area (Å²) in [6, 6.07) is 12.9. The van der Waals surface area contributed by atoms with Gasteiger partial charge in [-0.25, -0.2) is 0 Å². The Bertz CT molecular complexity index is 689. The second kappa shape index (κ2) is 6.36. The molecule has 0 aliphatic rings. The molecule has 0 aromatic heterocycles. The summed E-state index contributed by atoms with van der Waals surface area (Å²) in [6.45, 7) is 2.28. The van der Waals surface area contributed by atoms with E-state index in [0.29, 0.717) is 23.5 Å². The van der Waals surface area contributed by atoms with Crippen molar-refractivity contribution in [3.8, 4) is 11.8 Å². The van der Waals surface area contributed by atoms with Gasteiger partial charge in [0.1, 0.15) is 12.4 Å². The molecule has 2 aromatic rings. The monoisotopic (exact) mass is 329 g/mol. The summed E-state index contributed by atoms with van der Waals surface area (Å²) >= 11 is 3.38. The molecule has 2 rings (SSSR count). The van der Waals surface area contributed by atoms with Crippen molar-refractivity contribution in [1.29, 1.82) is 5.26 Å². The molecule has 0 amide bonds. The van der Waals surface area contributed by atoms with Crippen LogP contribution < -0.4 is 4.74 Å². The molecule has 100 valence electrons. The van der Waals surface area contributed by atoms with Crippen LogP contribution in [0.25, 0.3) is 0 Å². The number of ether oxygens (including phenoxy) is 1. The quantitative estimate of drug-likeness (QED) is 0.796. The second-order valence-corrected chi connectivity index (χ2v) is 5.17. The number of carbonyl (C=O) groups is 1. The first-order valence-electron chi connectivity index (χ1n) is 6.02. The van der Waals surface area contributed by atoms with Crippen LogP contribution >= 0.6 is 15.9 Å². The number of hydrogen-bond donors (Lipinski definition) is 0. The van der Waals surface area contributed by atoms with Crippen molar-refractivity contribution in [1.82, 2.24) is 0 Å². The molecule has 0 saturated heterocycles. The van der Waals surface area contributed by atoms with Crippen LogP contribution in [-0.2, 0) is 6.61 Å². The van der Waals surface area contributed by atoms with Gasteiger partial charge in [0.05, 0.1) is 21.7 Å². The Morgan fingerprint density at radius 1 is 1.35 bits per heavy atom. The summed E-state index contributed by atoms with van der Waals surface area (Å²) < 4.78 is 6.48. The molecule has 0 heterocycles. The maximum Gasteiger partial charge on any atom is 0.153 e. The number of hydrogen-bond acceptors (Lipinski definition) is 3. The van der Waals surface area contributed by atoms with Gasteiger partial charge in [0.2, 0.25) is 0 Å². The fourth-order valence-electron chi connectivity index (χ4n) is 1.85. The minimum atomic E-state index is 0.348. The third kappa shape index (κ3) is 3.06. The summed E-state index contributed by atoms with van der Waals surface area (Å²) in [5, 5.41) is 8.84.